The van der Waals surface area contributed by atoms with E-state index in [0.717, 1.165) is 43.1 Å². The van der Waals surface area contributed by atoms with Crippen molar-refractivity contribution in [2.24, 2.45) is 10.2 Å². The van der Waals surface area contributed by atoms with Crippen LogP contribution in [0.1, 0.15) is 26.7 Å². The van der Waals surface area contributed by atoms with Crippen LogP contribution in [0.4, 0.5) is 17.1 Å². The Bertz CT molecular complexity index is 600. The zero-order valence-electron chi connectivity index (χ0n) is 14.2. The number of azo groups is 1. The van der Waals surface area contributed by atoms with Crippen LogP contribution in [0.25, 0.3) is 0 Å². The van der Waals surface area contributed by atoms with E-state index >= 15 is 0 Å². The molecule has 0 bridgehead atoms. The maximum Gasteiger partial charge on any atom is 0.119 e. The first-order valence-electron chi connectivity index (χ1n) is 8.17. The molecule has 0 aliphatic rings. The maximum atomic E-state index is 5.13. The summed E-state index contributed by atoms with van der Waals surface area (Å²) < 4.78 is 5.13. The van der Waals surface area contributed by atoms with Crippen molar-refractivity contribution in [3.63, 3.8) is 0 Å². The second-order valence-corrected chi connectivity index (χ2v) is 5.40. The van der Waals surface area contributed by atoms with Crippen molar-refractivity contribution >= 4 is 17.1 Å². The van der Waals surface area contributed by atoms with Crippen LogP contribution in [-0.2, 0) is 0 Å². The summed E-state index contributed by atoms with van der Waals surface area (Å²) >= 11 is 0. The molecule has 2 aromatic rings. The van der Waals surface area contributed by atoms with Crippen molar-refractivity contribution in [1.29, 1.82) is 0 Å². The second-order valence-electron chi connectivity index (χ2n) is 5.40. The molecule has 4 nitrogen and oxygen atoms in total. The first-order valence-corrected chi connectivity index (χ1v) is 8.17. The van der Waals surface area contributed by atoms with Crippen molar-refractivity contribution in [2.45, 2.75) is 26.7 Å². The van der Waals surface area contributed by atoms with Crippen LogP contribution in [0.2, 0.25) is 0 Å². The number of methoxy groups -OCH3 is 1. The second kappa shape index (κ2) is 8.93. The molecule has 0 spiro atoms. The number of hydrogen-bond donors (Lipinski definition) is 0. The van der Waals surface area contributed by atoms with Gasteiger partial charge in [0.2, 0.25) is 0 Å². The largest absolute Gasteiger partial charge is 0.497 e. The van der Waals surface area contributed by atoms with Gasteiger partial charge < -0.3 is 9.64 Å². The van der Waals surface area contributed by atoms with Gasteiger partial charge in [0, 0.05) is 18.8 Å². The number of ether oxygens (including phenoxy) is 1. The Balaban J connectivity index is 2.04. The molecule has 122 valence electrons. The highest BCUT2D eigenvalue weighted by Crippen LogP contribution is 2.23. The first kappa shape index (κ1) is 17.0. The molecule has 2 aromatic carbocycles. The first-order chi connectivity index (χ1) is 11.3. The standard InChI is InChI=1S/C19H25N3O/c1-4-14-22(15-5-2)18-10-6-16(7-11-18)20-21-17-8-12-19(23-3)13-9-17/h6-13H,4-5,14-15H2,1-3H3. The lowest BCUT2D eigenvalue weighted by Gasteiger charge is -2.23. The average Bonchev–Trinajstić information content (AvgIpc) is 2.61. The molecule has 23 heavy (non-hydrogen) atoms. The van der Waals surface area contributed by atoms with Gasteiger partial charge in [-0.3, -0.25) is 0 Å². The summed E-state index contributed by atoms with van der Waals surface area (Å²) in [6.45, 7) is 6.58. The van der Waals surface area contributed by atoms with Crippen LogP contribution < -0.4 is 9.64 Å². The van der Waals surface area contributed by atoms with E-state index in [9.17, 15) is 0 Å². The van der Waals surface area contributed by atoms with Gasteiger partial charge in [0.1, 0.15) is 5.75 Å². The van der Waals surface area contributed by atoms with Gasteiger partial charge in [0.05, 0.1) is 18.5 Å². The predicted octanol–water partition coefficient (Wildman–Crippen LogP) is 5.74. The Kier molecular flexibility index (Phi) is 6.60. The zero-order chi connectivity index (χ0) is 16.5. The summed E-state index contributed by atoms with van der Waals surface area (Å²) in [5.41, 5.74) is 2.92. The van der Waals surface area contributed by atoms with Crippen LogP contribution in [0.15, 0.2) is 58.8 Å². The SMILES string of the molecule is CCCN(CCC)c1ccc(N=Nc2ccc(OC)cc2)cc1. The summed E-state index contributed by atoms with van der Waals surface area (Å²) in [7, 11) is 1.65. The minimum atomic E-state index is 0.813. The molecule has 2 rings (SSSR count). The van der Waals surface area contributed by atoms with Crippen molar-refractivity contribution in [3.05, 3.63) is 48.5 Å². The molecular weight excluding hydrogens is 286 g/mol. The fourth-order valence-corrected chi connectivity index (χ4v) is 2.40. The minimum absolute atomic E-state index is 0.813. The average molecular weight is 311 g/mol. The quantitative estimate of drug-likeness (QED) is 0.583. The molecule has 0 aliphatic carbocycles. The lowest BCUT2D eigenvalue weighted by atomic mass is 10.2. The molecule has 0 atom stereocenters. The number of benzene rings is 2. The molecule has 0 fully saturated rings. The van der Waals surface area contributed by atoms with E-state index in [2.05, 4.69) is 41.1 Å². The van der Waals surface area contributed by atoms with Crippen molar-refractivity contribution in [3.8, 4) is 5.75 Å². The molecule has 0 amide bonds. The van der Waals surface area contributed by atoms with Crippen molar-refractivity contribution < 1.29 is 4.74 Å². The van der Waals surface area contributed by atoms with Gasteiger partial charge in [-0.1, -0.05) is 13.8 Å². The monoisotopic (exact) mass is 311 g/mol. The predicted molar refractivity (Wildman–Crippen MR) is 96.4 cm³/mol. The van der Waals surface area contributed by atoms with E-state index in [1.807, 2.05) is 36.4 Å². The van der Waals surface area contributed by atoms with Gasteiger partial charge in [-0.15, -0.1) is 0 Å². The molecular formula is C19H25N3O. The van der Waals surface area contributed by atoms with Crippen LogP contribution in [0.5, 0.6) is 5.75 Å². The number of nitrogens with zero attached hydrogens (tertiary/aromatic N) is 3. The molecule has 0 N–H and O–H groups in total. The third-order valence-electron chi connectivity index (χ3n) is 3.56. The Morgan fingerprint density at radius 3 is 1.70 bits per heavy atom. The van der Waals surface area contributed by atoms with Crippen LogP contribution in [0, 0.1) is 0 Å². The van der Waals surface area contributed by atoms with Crippen LogP contribution in [0.3, 0.4) is 0 Å². The highest BCUT2D eigenvalue weighted by molar-refractivity contribution is 5.53. The number of anilines is 1. The van der Waals surface area contributed by atoms with E-state index in [1.54, 1.807) is 7.11 Å². The molecule has 0 unspecified atom stereocenters. The smallest absolute Gasteiger partial charge is 0.119 e. The van der Waals surface area contributed by atoms with Crippen LogP contribution >= 0.6 is 0 Å². The lowest BCUT2D eigenvalue weighted by Crippen LogP contribution is -2.24. The van der Waals surface area contributed by atoms with Gasteiger partial charge in [-0.2, -0.15) is 10.2 Å². The molecule has 0 saturated carbocycles. The Morgan fingerprint density at radius 2 is 1.26 bits per heavy atom. The highest BCUT2D eigenvalue weighted by atomic mass is 16.5. The van der Waals surface area contributed by atoms with Crippen molar-refractivity contribution in [1.82, 2.24) is 0 Å². The maximum absolute atomic E-state index is 5.13. The number of rotatable bonds is 8. The molecule has 4 heteroatoms. The summed E-state index contributed by atoms with van der Waals surface area (Å²) in [4.78, 5) is 2.41. The molecule has 0 heterocycles. The Labute approximate surface area is 138 Å². The molecule has 0 radical (unpaired) electrons. The third-order valence-corrected chi connectivity index (χ3v) is 3.56. The van der Waals surface area contributed by atoms with Gasteiger partial charge in [0.25, 0.3) is 0 Å². The van der Waals surface area contributed by atoms with Crippen molar-refractivity contribution in [2.75, 3.05) is 25.1 Å². The Morgan fingerprint density at radius 1 is 0.783 bits per heavy atom. The molecule has 0 saturated heterocycles. The Hall–Kier alpha value is -2.36. The summed E-state index contributed by atoms with van der Waals surface area (Å²) in [5.74, 6) is 0.820. The highest BCUT2D eigenvalue weighted by Gasteiger charge is 2.04. The summed E-state index contributed by atoms with van der Waals surface area (Å²) in [5, 5.41) is 8.54. The minimum Gasteiger partial charge on any atom is -0.497 e. The van der Waals surface area contributed by atoms with Crippen LogP contribution in [-0.4, -0.2) is 20.2 Å². The fourth-order valence-electron chi connectivity index (χ4n) is 2.40. The van der Waals surface area contributed by atoms with E-state index < -0.39 is 0 Å². The van der Waals surface area contributed by atoms with Gasteiger partial charge in [-0.25, -0.2) is 0 Å². The number of hydrogen-bond acceptors (Lipinski definition) is 4. The fraction of sp³-hybridized carbons (Fsp3) is 0.368. The zero-order valence-corrected chi connectivity index (χ0v) is 14.2. The topological polar surface area (TPSA) is 37.2 Å². The van der Waals surface area contributed by atoms with E-state index in [1.165, 1.54) is 5.69 Å². The van der Waals surface area contributed by atoms with E-state index in [4.69, 9.17) is 4.74 Å². The molecule has 0 aromatic heterocycles. The van der Waals surface area contributed by atoms with Gasteiger partial charge in [0.15, 0.2) is 0 Å². The summed E-state index contributed by atoms with van der Waals surface area (Å²) in [6.07, 6.45) is 2.30. The van der Waals surface area contributed by atoms with E-state index in [-0.39, 0.29) is 0 Å². The van der Waals surface area contributed by atoms with Gasteiger partial charge in [-0.05, 0) is 61.4 Å². The van der Waals surface area contributed by atoms with E-state index in [0.29, 0.717) is 0 Å². The molecule has 0 aliphatic heterocycles. The van der Waals surface area contributed by atoms with Gasteiger partial charge >= 0.3 is 0 Å². The third kappa shape index (κ3) is 5.09. The normalized spacial score (nSPS) is 10.9. The summed E-state index contributed by atoms with van der Waals surface area (Å²) in [6, 6.07) is 15.8. The lowest BCUT2D eigenvalue weighted by molar-refractivity contribution is 0.415.